The van der Waals surface area contributed by atoms with Gasteiger partial charge in [0.1, 0.15) is 0 Å². The number of hydrogen-bond donors (Lipinski definition) is 0. The maximum absolute atomic E-state index is 5.59. The minimum absolute atomic E-state index is 0.340. The highest BCUT2D eigenvalue weighted by molar-refractivity contribution is 7.44. The molecule has 0 amide bonds. The van der Waals surface area contributed by atoms with Crippen molar-refractivity contribution in [3.8, 4) is 0 Å². The van der Waals surface area contributed by atoms with Gasteiger partial charge >= 0.3 is 0 Å². The van der Waals surface area contributed by atoms with Crippen LogP contribution in [0.3, 0.4) is 0 Å². The molecule has 0 bridgehead atoms. The van der Waals surface area contributed by atoms with E-state index in [0.29, 0.717) is 12.2 Å². The molecule has 1 aliphatic heterocycles. The quantitative estimate of drug-likeness (QED) is 0.572. The molecule has 0 radical (unpaired) electrons. The molecule has 0 aromatic heterocycles. The summed E-state index contributed by atoms with van der Waals surface area (Å²) in [7, 11) is 3.19. The SMILES string of the molecule is C[C@@H]1C[C@H](C)OP(N(C)C)O1. The van der Waals surface area contributed by atoms with Gasteiger partial charge in [-0.2, -0.15) is 0 Å². The van der Waals surface area contributed by atoms with Gasteiger partial charge < -0.3 is 9.05 Å². The molecule has 1 heterocycles. The summed E-state index contributed by atoms with van der Waals surface area (Å²) >= 11 is 0. The van der Waals surface area contributed by atoms with Gasteiger partial charge in [-0.1, -0.05) is 0 Å². The maximum Gasteiger partial charge on any atom is 0.258 e. The van der Waals surface area contributed by atoms with E-state index in [9.17, 15) is 0 Å². The molecule has 0 aromatic rings. The fourth-order valence-electron chi connectivity index (χ4n) is 1.07. The van der Waals surface area contributed by atoms with E-state index in [2.05, 4.69) is 13.8 Å². The van der Waals surface area contributed by atoms with E-state index in [4.69, 9.17) is 9.05 Å². The summed E-state index contributed by atoms with van der Waals surface area (Å²) in [6.07, 6.45) is 1.69. The zero-order chi connectivity index (χ0) is 8.43. The van der Waals surface area contributed by atoms with Crippen molar-refractivity contribution in [2.75, 3.05) is 14.1 Å². The van der Waals surface area contributed by atoms with Crippen LogP contribution in [-0.4, -0.2) is 31.0 Å². The molecule has 11 heavy (non-hydrogen) atoms. The molecule has 0 spiro atoms. The van der Waals surface area contributed by atoms with Gasteiger partial charge in [-0.3, -0.25) is 0 Å². The van der Waals surface area contributed by atoms with Gasteiger partial charge in [0.25, 0.3) is 8.53 Å². The van der Waals surface area contributed by atoms with Crippen LogP contribution in [0.4, 0.5) is 0 Å². The molecule has 1 rings (SSSR count). The standard InChI is InChI=1S/C7H16NO2P/c1-6-5-7(2)10-11(9-6)8(3)4/h6-7H,5H2,1-4H3/t6-,7+,11?. The van der Waals surface area contributed by atoms with E-state index in [1.54, 1.807) is 0 Å². The molecule has 1 aliphatic rings. The van der Waals surface area contributed by atoms with Crippen LogP contribution in [0.2, 0.25) is 0 Å². The first kappa shape index (κ1) is 9.40. The summed E-state index contributed by atoms with van der Waals surface area (Å²) in [5, 5.41) is 0. The van der Waals surface area contributed by atoms with Gasteiger partial charge in [-0.15, -0.1) is 0 Å². The first-order valence-corrected chi connectivity index (χ1v) is 5.03. The minimum atomic E-state index is -0.776. The van der Waals surface area contributed by atoms with Crippen LogP contribution in [0.5, 0.6) is 0 Å². The first-order valence-electron chi connectivity index (χ1n) is 3.90. The smallest absolute Gasteiger partial charge is 0.258 e. The van der Waals surface area contributed by atoms with Crippen molar-refractivity contribution < 1.29 is 9.05 Å². The molecule has 4 heteroatoms. The molecule has 3 atom stereocenters. The van der Waals surface area contributed by atoms with Gasteiger partial charge in [0.15, 0.2) is 0 Å². The molecular formula is C7H16NO2P. The Labute approximate surface area is 69.6 Å². The van der Waals surface area contributed by atoms with Crippen LogP contribution in [0.25, 0.3) is 0 Å². The van der Waals surface area contributed by atoms with Crippen molar-refractivity contribution in [1.29, 1.82) is 0 Å². The Morgan fingerprint density at radius 1 is 1.18 bits per heavy atom. The number of nitrogens with zero attached hydrogens (tertiary/aromatic N) is 1. The van der Waals surface area contributed by atoms with Crippen molar-refractivity contribution in [2.24, 2.45) is 0 Å². The Bertz CT molecular complexity index is 122. The van der Waals surface area contributed by atoms with E-state index >= 15 is 0 Å². The Kier molecular flexibility index (Phi) is 3.26. The Balaban J connectivity index is 2.43. The number of hydrogen-bond acceptors (Lipinski definition) is 3. The molecular weight excluding hydrogens is 161 g/mol. The van der Waals surface area contributed by atoms with Gasteiger partial charge in [0.2, 0.25) is 0 Å². The summed E-state index contributed by atoms with van der Waals surface area (Å²) in [6, 6.07) is 0. The summed E-state index contributed by atoms with van der Waals surface area (Å²) in [5.74, 6) is 0. The maximum atomic E-state index is 5.59. The van der Waals surface area contributed by atoms with Crippen LogP contribution >= 0.6 is 8.53 Å². The summed E-state index contributed by atoms with van der Waals surface area (Å²) < 4.78 is 13.2. The van der Waals surface area contributed by atoms with Crippen molar-refractivity contribution in [3.05, 3.63) is 0 Å². The first-order chi connectivity index (χ1) is 5.09. The normalized spacial score (nSPS) is 39.5. The molecule has 3 nitrogen and oxygen atoms in total. The lowest BCUT2D eigenvalue weighted by atomic mass is 10.2. The fraction of sp³-hybridized carbons (Fsp3) is 1.00. The minimum Gasteiger partial charge on any atom is -0.319 e. The third-order valence-electron chi connectivity index (χ3n) is 1.53. The van der Waals surface area contributed by atoms with Crippen molar-refractivity contribution >= 4 is 8.53 Å². The summed E-state index contributed by atoms with van der Waals surface area (Å²) in [4.78, 5) is 0. The number of rotatable bonds is 1. The lowest BCUT2D eigenvalue weighted by Gasteiger charge is -2.34. The Morgan fingerprint density at radius 2 is 1.64 bits per heavy atom. The highest BCUT2D eigenvalue weighted by Crippen LogP contribution is 2.47. The topological polar surface area (TPSA) is 21.7 Å². The molecule has 66 valence electrons. The Morgan fingerprint density at radius 3 is 2.00 bits per heavy atom. The predicted molar refractivity (Wildman–Crippen MR) is 46.3 cm³/mol. The van der Waals surface area contributed by atoms with E-state index in [1.165, 1.54) is 0 Å². The van der Waals surface area contributed by atoms with E-state index in [0.717, 1.165) is 6.42 Å². The third kappa shape index (κ3) is 2.68. The molecule has 1 fully saturated rings. The summed E-state index contributed by atoms with van der Waals surface area (Å²) in [6.45, 7) is 4.19. The van der Waals surface area contributed by atoms with Crippen molar-refractivity contribution in [2.45, 2.75) is 32.5 Å². The van der Waals surface area contributed by atoms with Crippen LogP contribution in [0.1, 0.15) is 20.3 Å². The van der Waals surface area contributed by atoms with Crippen LogP contribution < -0.4 is 0 Å². The second-order valence-corrected chi connectivity index (χ2v) is 4.85. The fourth-order valence-corrected chi connectivity index (χ4v) is 2.29. The van der Waals surface area contributed by atoms with Gasteiger partial charge in [0, 0.05) is 6.42 Å². The van der Waals surface area contributed by atoms with Gasteiger partial charge in [-0.25, -0.2) is 4.67 Å². The summed E-state index contributed by atoms with van der Waals surface area (Å²) in [5.41, 5.74) is 0. The monoisotopic (exact) mass is 177 g/mol. The van der Waals surface area contributed by atoms with Crippen LogP contribution in [-0.2, 0) is 9.05 Å². The van der Waals surface area contributed by atoms with Crippen molar-refractivity contribution in [3.63, 3.8) is 0 Å². The van der Waals surface area contributed by atoms with E-state index < -0.39 is 8.53 Å². The highest BCUT2D eigenvalue weighted by atomic mass is 31.2. The lowest BCUT2D eigenvalue weighted by Crippen LogP contribution is -2.26. The average Bonchev–Trinajstić information content (AvgIpc) is 1.85. The molecule has 1 saturated heterocycles. The second kappa shape index (κ2) is 3.81. The molecule has 0 N–H and O–H groups in total. The van der Waals surface area contributed by atoms with E-state index in [-0.39, 0.29) is 0 Å². The third-order valence-corrected chi connectivity index (χ3v) is 3.26. The van der Waals surface area contributed by atoms with Crippen LogP contribution in [0, 0.1) is 0 Å². The largest absolute Gasteiger partial charge is 0.319 e. The molecule has 0 aliphatic carbocycles. The average molecular weight is 177 g/mol. The molecule has 1 unspecified atom stereocenters. The Hall–Kier alpha value is 0.310. The zero-order valence-corrected chi connectivity index (χ0v) is 8.47. The van der Waals surface area contributed by atoms with Crippen molar-refractivity contribution in [1.82, 2.24) is 4.67 Å². The lowest BCUT2D eigenvalue weighted by molar-refractivity contribution is 0.0575. The van der Waals surface area contributed by atoms with Gasteiger partial charge in [0.05, 0.1) is 12.2 Å². The van der Waals surface area contributed by atoms with Crippen LogP contribution in [0.15, 0.2) is 0 Å². The molecule has 0 saturated carbocycles. The predicted octanol–water partition coefficient (Wildman–Crippen LogP) is 1.99. The zero-order valence-electron chi connectivity index (χ0n) is 7.57. The second-order valence-electron chi connectivity index (χ2n) is 3.15. The molecule has 0 aromatic carbocycles. The highest BCUT2D eigenvalue weighted by Gasteiger charge is 2.27. The van der Waals surface area contributed by atoms with Gasteiger partial charge in [-0.05, 0) is 27.9 Å². The van der Waals surface area contributed by atoms with E-state index in [1.807, 2.05) is 18.8 Å².